The number of alkyl carbamates (subject to hydrolysis) is 6. The minimum absolute atomic E-state index is 0.00962. The van der Waals surface area contributed by atoms with Crippen LogP contribution in [0, 0.1) is 17.8 Å². The Kier molecular flexibility index (Phi) is 69.4. The van der Waals surface area contributed by atoms with Gasteiger partial charge in [-0.25, -0.2) is 48.3 Å². The average molecular weight is 1910 g/mol. The maximum atomic E-state index is 11.6. The van der Waals surface area contributed by atoms with Crippen molar-refractivity contribution < 1.29 is 86.4 Å². The minimum atomic E-state index is -0.551. The summed E-state index contributed by atoms with van der Waals surface area (Å²) >= 11 is 0. The zero-order chi connectivity index (χ0) is 102. The fourth-order valence-corrected chi connectivity index (χ4v) is 14.0. The van der Waals surface area contributed by atoms with E-state index in [-0.39, 0.29) is 86.1 Å². The Hall–Kier alpha value is -10.6. The summed E-state index contributed by atoms with van der Waals surface area (Å²) in [5.41, 5.74) is 7.16. The second-order valence-electron chi connectivity index (χ2n) is 36.7. The first kappa shape index (κ1) is 124. The molecule has 6 aromatic rings. The van der Waals surface area contributed by atoms with E-state index in [4.69, 9.17) is 48.0 Å². The first-order chi connectivity index (χ1) is 65.5. The van der Waals surface area contributed by atoms with E-state index in [1.807, 2.05) is 18.2 Å². The Bertz CT molecular complexity index is 3770. The van der Waals surface area contributed by atoms with Crippen LogP contribution in [0.15, 0.2) is 192 Å². The number of hydroxylamine groups is 6. The highest BCUT2D eigenvalue weighted by Gasteiger charge is 2.38. The maximum absolute atomic E-state index is 11.6. The number of amides is 6. The quantitative estimate of drug-likeness (QED) is 0.00613. The van der Waals surface area contributed by atoms with E-state index in [2.05, 4.69) is 345 Å². The Morgan fingerprint density at radius 2 is 0.467 bits per heavy atom. The summed E-state index contributed by atoms with van der Waals surface area (Å²) in [5, 5.41) is 29.9. The lowest BCUT2D eigenvalue weighted by atomic mass is 9.92. The Morgan fingerprint density at radius 1 is 0.292 bits per heavy atom. The van der Waals surface area contributed by atoms with E-state index in [1.54, 1.807) is 20.8 Å². The molecule has 0 aliphatic carbocycles. The van der Waals surface area contributed by atoms with Gasteiger partial charge < -0.3 is 65.4 Å². The standard InChI is InChI=1S/C22H42N4O8.3C22H31NO.C18H30N4O6.C2H6O/c1-3-31-19(27)23-13-9-5-7-11-15-25-21(29)33-17-18-34-22(30)26-16-12-8-6-10-14-24-20(28)32-4-2;3*1-17(2)21(20-15-11-8-12-16-20)23(22(4,5)6)24-18(3)19-13-9-7-10-14-19;23-15-19-9-5-1-3-7-11-21-17(25)27-13-14-28-18(26)22-12-8-4-2-6-10-20-16-24;1-2-3/h3-18H2,1-2H3,(H,23,27)(H,24,28)(H,25,29)(H,26,30);3*7-18,21H,1-6H3;1-14H2,(H,21,25)(H,22,26);3H,2H2,1H3. The lowest BCUT2D eigenvalue weighted by Crippen LogP contribution is -2.46. The molecule has 0 bridgehead atoms. The molecular weight excluding hydrogens is 1740 g/mol. The van der Waals surface area contributed by atoms with Crippen LogP contribution in [0.1, 0.15) is 318 Å². The van der Waals surface area contributed by atoms with Crippen LogP contribution in [0.4, 0.5) is 28.8 Å². The summed E-state index contributed by atoms with van der Waals surface area (Å²) in [6, 6.07) is 63.8. The predicted molar refractivity (Wildman–Crippen MR) is 545 cm³/mol. The zero-order valence-electron chi connectivity index (χ0n) is 86.6. The van der Waals surface area contributed by atoms with Crippen molar-refractivity contribution in [3.8, 4) is 0 Å². The number of benzene rings is 6. The molecule has 0 heterocycles. The van der Waals surface area contributed by atoms with Crippen LogP contribution < -0.4 is 31.9 Å². The molecule has 29 heteroatoms. The Morgan fingerprint density at radius 3 is 0.635 bits per heavy atom. The molecule has 137 heavy (non-hydrogen) atoms. The van der Waals surface area contributed by atoms with Crippen molar-refractivity contribution in [2.24, 2.45) is 27.7 Å². The number of hydrogen-bond acceptors (Lipinski definition) is 23. The molecule has 0 fully saturated rings. The molecule has 0 saturated heterocycles. The molecule has 6 aromatic carbocycles. The first-order valence-electron chi connectivity index (χ1n) is 49.3. The van der Waals surface area contributed by atoms with Gasteiger partial charge >= 0.3 is 36.6 Å². The van der Waals surface area contributed by atoms with Gasteiger partial charge in [-0.15, -0.1) is 0 Å². The van der Waals surface area contributed by atoms with E-state index in [0.717, 1.165) is 103 Å². The van der Waals surface area contributed by atoms with Gasteiger partial charge in [-0.05, 0) is 206 Å². The largest absolute Gasteiger partial charge is 0.450 e. The summed E-state index contributed by atoms with van der Waals surface area (Å²) in [6.07, 6.45) is 14.0. The van der Waals surface area contributed by atoms with Gasteiger partial charge in [-0.2, -0.15) is 15.2 Å². The lowest BCUT2D eigenvalue weighted by molar-refractivity contribution is -0.272. The Balaban J connectivity index is 0.000000854. The SMILES string of the molecule is CC(ON(C(c1ccccc1)C(C)C)C(C)(C)C)c1ccccc1.CC(ON(C(c1ccccc1)C(C)C)C(C)(C)C)c1ccccc1.CC(ON(C(c1ccccc1)C(C)C)C(C)(C)C)c1ccccc1.CCO.CCOC(=O)NCCCCCCNC(=O)OCCOC(=O)NCCCCCCNC(=O)OCC.O=C=NCCCCCCNC(=O)OCCOC(=O)NCCCCCCN=C=O. The number of isocyanates is 2. The van der Waals surface area contributed by atoms with Crippen LogP contribution >= 0.6 is 0 Å². The third kappa shape index (κ3) is 60.7. The second-order valence-corrected chi connectivity index (χ2v) is 36.7. The van der Waals surface area contributed by atoms with E-state index < -0.39 is 36.6 Å². The molecular formula is C108H171N11O18. The van der Waals surface area contributed by atoms with Crippen molar-refractivity contribution in [1.29, 1.82) is 0 Å². The van der Waals surface area contributed by atoms with Gasteiger partial charge in [0.2, 0.25) is 12.2 Å². The Labute approximate surface area is 820 Å². The van der Waals surface area contributed by atoms with Crippen LogP contribution in [0.5, 0.6) is 0 Å². The molecule has 6 atom stereocenters. The highest BCUT2D eigenvalue weighted by atomic mass is 16.7. The van der Waals surface area contributed by atoms with Gasteiger partial charge in [-0.1, -0.05) is 275 Å². The minimum Gasteiger partial charge on any atom is -0.450 e. The van der Waals surface area contributed by atoms with Crippen molar-refractivity contribution in [2.45, 2.75) is 301 Å². The number of unbranched alkanes of at least 4 members (excludes halogenated alkanes) is 12. The summed E-state index contributed by atoms with van der Waals surface area (Å²) in [7, 11) is 0. The van der Waals surface area contributed by atoms with E-state index in [9.17, 15) is 38.4 Å². The van der Waals surface area contributed by atoms with Crippen molar-refractivity contribution >= 4 is 48.7 Å². The first-order valence-corrected chi connectivity index (χ1v) is 49.3. The van der Waals surface area contributed by atoms with Crippen molar-refractivity contribution in [2.75, 3.05) is 98.6 Å². The highest BCUT2D eigenvalue weighted by Crippen LogP contribution is 2.41. The van der Waals surface area contributed by atoms with Crippen LogP contribution in [0.25, 0.3) is 0 Å². The highest BCUT2D eigenvalue weighted by molar-refractivity contribution is 5.69. The predicted octanol–water partition coefficient (Wildman–Crippen LogP) is 23.8. The number of aliphatic hydroxyl groups is 1. The molecule has 6 amide bonds. The zero-order valence-corrected chi connectivity index (χ0v) is 86.6. The van der Waals surface area contributed by atoms with Crippen LogP contribution in [-0.4, -0.2) is 184 Å². The monoisotopic (exact) mass is 1910 g/mol. The van der Waals surface area contributed by atoms with Crippen LogP contribution in [0.3, 0.4) is 0 Å². The number of aliphatic hydroxyl groups excluding tert-OH is 1. The molecule has 29 nitrogen and oxygen atoms in total. The second kappa shape index (κ2) is 76.4. The fourth-order valence-electron chi connectivity index (χ4n) is 14.0. The summed E-state index contributed by atoms with van der Waals surface area (Å²) in [6.45, 7) is 50.0. The molecule has 6 rings (SSSR count). The number of aliphatic imine (C=N–C) groups is 2. The maximum Gasteiger partial charge on any atom is 0.407 e. The molecule has 0 spiro atoms. The summed E-state index contributed by atoms with van der Waals surface area (Å²) in [4.78, 5) is 114. The summed E-state index contributed by atoms with van der Waals surface area (Å²) in [5.74, 6) is 1.32. The molecule has 766 valence electrons. The number of carbonyl (C=O) groups is 6. The van der Waals surface area contributed by atoms with Gasteiger partial charge in [0.25, 0.3) is 0 Å². The lowest BCUT2D eigenvalue weighted by Gasteiger charge is -2.43. The number of ether oxygens (including phenoxy) is 6. The number of nitrogens with zero attached hydrogens (tertiary/aromatic N) is 5. The van der Waals surface area contributed by atoms with Gasteiger partial charge in [0.1, 0.15) is 44.7 Å². The topological polar surface area (TPSA) is 346 Å². The van der Waals surface area contributed by atoms with Gasteiger partial charge in [0.15, 0.2) is 0 Å². The fraction of sp³-hybridized carbons (Fsp3) is 0.593. The van der Waals surface area contributed by atoms with Crippen LogP contribution in [-0.2, 0) is 52.5 Å². The molecule has 7 N–H and O–H groups in total. The number of nitrogens with one attached hydrogen (secondary N) is 6. The molecule has 0 aliphatic heterocycles. The molecule has 6 unspecified atom stereocenters. The van der Waals surface area contributed by atoms with Gasteiger partial charge in [0, 0.05) is 62.5 Å². The van der Waals surface area contributed by atoms with Gasteiger partial charge in [-0.3, -0.25) is 14.5 Å². The molecule has 0 saturated carbocycles. The smallest absolute Gasteiger partial charge is 0.407 e. The van der Waals surface area contributed by atoms with Gasteiger partial charge in [0.05, 0.1) is 44.4 Å². The third-order valence-corrected chi connectivity index (χ3v) is 20.7. The summed E-state index contributed by atoms with van der Waals surface area (Å²) < 4.78 is 29.2. The van der Waals surface area contributed by atoms with E-state index in [1.165, 1.54) is 45.5 Å². The average Bonchev–Trinajstić information content (AvgIpc) is 0.813. The third-order valence-electron chi connectivity index (χ3n) is 20.7. The number of carbonyl (C=O) groups excluding carboxylic acids is 8. The van der Waals surface area contributed by atoms with Crippen molar-refractivity contribution in [3.05, 3.63) is 215 Å². The molecule has 0 radical (unpaired) electrons. The molecule has 0 aromatic heterocycles. The van der Waals surface area contributed by atoms with Crippen molar-refractivity contribution in [1.82, 2.24) is 47.1 Å². The van der Waals surface area contributed by atoms with Crippen LogP contribution in [0.2, 0.25) is 0 Å². The van der Waals surface area contributed by atoms with E-state index in [0.29, 0.717) is 83.3 Å². The van der Waals surface area contributed by atoms with E-state index >= 15 is 0 Å². The van der Waals surface area contributed by atoms with Crippen molar-refractivity contribution in [3.63, 3.8) is 0 Å². The number of rotatable bonds is 54. The normalized spacial score (nSPS) is 12.4. The number of hydrogen-bond donors (Lipinski definition) is 7. The molecule has 0 aliphatic rings.